The summed E-state index contributed by atoms with van der Waals surface area (Å²) in [6.45, 7) is 2.08. The van der Waals surface area contributed by atoms with E-state index in [9.17, 15) is 4.79 Å². The molecule has 0 aliphatic heterocycles. The van der Waals surface area contributed by atoms with Crippen molar-refractivity contribution in [2.75, 3.05) is 7.11 Å². The molecule has 0 unspecified atom stereocenters. The molecule has 0 spiro atoms. The van der Waals surface area contributed by atoms with Gasteiger partial charge in [0.1, 0.15) is 0 Å². The maximum atomic E-state index is 12.1. The molecule has 1 fully saturated rings. The highest BCUT2D eigenvalue weighted by Crippen LogP contribution is 2.33. The fourth-order valence-corrected chi connectivity index (χ4v) is 2.36. The highest BCUT2D eigenvalue weighted by Gasteiger charge is 2.30. The largest absolute Gasteiger partial charge is 0.481 e. The highest BCUT2D eigenvalue weighted by atomic mass is 16.5. The van der Waals surface area contributed by atoms with Crippen LogP contribution in [0.3, 0.4) is 0 Å². The SMILES string of the molecule is CCc1cc2ccc(C(=O)C3CC3)cc2nc1OC. The second-order valence-electron chi connectivity index (χ2n) is 5.06. The molecule has 0 atom stereocenters. The van der Waals surface area contributed by atoms with Crippen LogP contribution in [0.15, 0.2) is 24.3 Å². The van der Waals surface area contributed by atoms with E-state index in [1.165, 1.54) is 0 Å². The van der Waals surface area contributed by atoms with Crippen molar-refractivity contribution in [3.05, 3.63) is 35.4 Å². The number of carbonyl (C=O) groups is 1. The van der Waals surface area contributed by atoms with E-state index in [1.54, 1.807) is 7.11 Å². The molecule has 1 aromatic carbocycles. The van der Waals surface area contributed by atoms with Crippen molar-refractivity contribution in [3.63, 3.8) is 0 Å². The van der Waals surface area contributed by atoms with Gasteiger partial charge in [-0.1, -0.05) is 19.1 Å². The summed E-state index contributed by atoms with van der Waals surface area (Å²) in [5.74, 6) is 1.16. The second kappa shape index (κ2) is 4.65. The van der Waals surface area contributed by atoms with Crippen LogP contribution < -0.4 is 4.74 Å². The van der Waals surface area contributed by atoms with E-state index in [-0.39, 0.29) is 11.7 Å². The average Bonchev–Trinajstić information content (AvgIpc) is 3.28. The maximum Gasteiger partial charge on any atom is 0.216 e. The number of hydrogen-bond acceptors (Lipinski definition) is 3. The third kappa shape index (κ3) is 2.21. The van der Waals surface area contributed by atoms with Crippen molar-refractivity contribution < 1.29 is 9.53 Å². The Kier molecular flexibility index (Phi) is 2.97. The predicted molar refractivity (Wildman–Crippen MR) is 74.7 cm³/mol. The molecule has 0 saturated heterocycles. The van der Waals surface area contributed by atoms with Gasteiger partial charge in [-0.2, -0.15) is 0 Å². The van der Waals surface area contributed by atoms with Gasteiger partial charge in [0.2, 0.25) is 5.88 Å². The van der Waals surface area contributed by atoms with Crippen LogP contribution in [0.2, 0.25) is 0 Å². The normalized spacial score (nSPS) is 14.6. The molecule has 3 rings (SSSR count). The van der Waals surface area contributed by atoms with Crippen molar-refractivity contribution in [2.45, 2.75) is 26.2 Å². The minimum atomic E-state index is 0.245. The average molecular weight is 255 g/mol. The predicted octanol–water partition coefficient (Wildman–Crippen LogP) is 3.40. The van der Waals surface area contributed by atoms with Gasteiger partial charge >= 0.3 is 0 Å². The summed E-state index contributed by atoms with van der Waals surface area (Å²) in [5, 5.41) is 1.06. The number of Topliss-reactive ketones (excluding diaryl/α,β-unsaturated/α-hetero) is 1. The lowest BCUT2D eigenvalue weighted by atomic mass is 10.0. The third-order valence-electron chi connectivity index (χ3n) is 3.66. The van der Waals surface area contributed by atoms with Gasteiger partial charge in [0.25, 0.3) is 0 Å². The van der Waals surface area contributed by atoms with Crippen molar-refractivity contribution in [3.8, 4) is 5.88 Å². The molecular weight excluding hydrogens is 238 g/mol. The van der Waals surface area contributed by atoms with Crippen molar-refractivity contribution in [1.82, 2.24) is 4.98 Å². The van der Waals surface area contributed by atoms with Crippen molar-refractivity contribution in [2.24, 2.45) is 5.92 Å². The van der Waals surface area contributed by atoms with Crippen LogP contribution in [0.5, 0.6) is 5.88 Å². The number of rotatable bonds is 4. The number of methoxy groups -OCH3 is 1. The van der Waals surface area contributed by atoms with E-state index in [1.807, 2.05) is 18.2 Å². The molecule has 1 saturated carbocycles. The number of benzene rings is 1. The number of nitrogens with zero attached hydrogens (tertiary/aromatic N) is 1. The molecule has 0 bridgehead atoms. The fraction of sp³-hybridized carbons (Fsp3) is 0.375. The molecule has 3 nitrogen and oxygen atoms in total. The van der Waals surface area contributed by atoms with Gasteiger partial charge in [-0.05, 0) is 31.4 Å². The van der Waals surface area contributed by atoms with E-state index in [0.717, 1.165) is 41.3 Å². The number of hydrogen-bond donors (Lipinski definition) is 0. The minimum Gasteiger partial charge on any atom is -0.481 e. The number of aromatic nitrogens is 1. The first-order chi connectivity index (χ1) is 9.22. The summed E-state index contributed by atoms with van der Waals surface area (Å²) in [5.41, 5.74) is 2.70. The number of ether oxygens (including phenoxy) is 1. The molecule has 3 heteroatoms. The van der Waals surface area contributed by atoms with Crippen LogP contribution in [0.25, 0.3) is 10.9 Å². The van der Waals surface area contributed by atoms with E-state index >= 15 is 0 Å². The quantitative estimate of drug-likeness (QED) is 0.786. The molecule has 19 heavy (non-hydrogen) atoms. The molecule has 0 radical (unpaired) electrons. The smallest absolute Gasteiger partial charge is 0.216 e. The molecule has 1 aliphatic carbocycles. The molecule has 98 valence electrons. The van der Waals surface area contributed by atoms with E-state index in [4.69, 9.17) is 4.74 Å². The Balaban J connectivity index is 2.08. The lowest BCUT2D eigenvalue weighted by molar-refractivity contribution is 0.0968. The minimum absolute atomic E-state index is 0.245. The Labute approximate surface area is 112 Å². The lowest BCUT2D eigenvalue weighted by Gasteiger charge is -2.08. The Bertz CT molecular complexity index is 644. The van der Waals surface area contributed by atoms with Gasteiger partial charge < -0.3 is 4.74 Å². The lowest BCUT2D eigenvalue weighted by Crippen LogP contribution is -2.02. The molecule has 1 aliphatic rings. The van der Waals surface area contributed by atoms with E-state index in [0.29, 0.717) is 5.88 Å². The van der Waals surface area contributed by atoms with E-state index in [2.05, 4.69) is 18.0 Å². The molecule has 1 heterocycles. The molecular formula is C16H17NO2. The standard InChI is InChI=1S/C16H17NO2/c1-3-10-8-12-6-7-13(15(18)11-4-5-11)9-14(12)17-16(10)19-2/h6-9,11H,3-5H2,1-2H3. The van der Waals surface area contributed by atoms with Crippen molar-refractivity contribution >= 4 is 16.7 Å². The number of aryl methyl sites for hydroxylation is 1. The molecule has 0 N–H and O–H groups in total. The van der Waals surface area contributed by atoms with Crippen LogP contribution in [0.1, 0.15) is 35.7 Å². The number of ketones is 1. The van der Waals surface area contributed by atoms with Gasteiger partial charge in [0.05, 0.1) is 12.6 Å². The van der Waals surface area contributed by atoms with Gasteiger partial charge in [-0.3, -0.25) is 4.79 Å². The van der Waals surface area contributed by atoms with Crippen LogP contribution in [0.4, 0.5) is 0 Å². The number of fused-ring (bicyclic) bond motifs is 1. The van der Waals surface area contributed by atoms with Crippen molar-refractivity contribution in [1.29, 1.82) is 0 Å². The zero-order chi connectivity index (χ0) is 13.4. The summed E-state index contributed by atoms with van der Waals surface area (Å²) in [7, 11) is 1.63. The first kappa shape index (κ1) is 12.2. The molecule has 1 aromatic heterocycles. The van der Waals surface area contributed by atoms with Gasteiger partial charge in [-0.15, -0.1) is 0 Å². The topological polar surface area (TPSA) is 39.2 Å². The molecule has 2 aromatic rings. The fourth-order valence-electron chi connectivity index (χ4n) is 2.36. The van der Waals surface area contributed by atoms with Crippen LogP contribution in [-0.4, -0.2) is 17.9 Å². The van der Waals surface area contributed by atoms with Gasteiger partial charge in [0.15, 0.2) is 5.78 Å². The van der Waals surface area contributed by atoms with Crippen LogP contribution >= 0.6 is 0 Å². The molecule has 0 amide bonds. The first-order valence-corrected chi connectivity index (χ1v) is 6.74. The maximum absolute atomic E-state index is 12.1. The monoisotopic (exact) mass is 255 g/mol. The Morgan fingerprint density at radius 2 is 2.16 bits per heavy atom. The summed E-state index contributed by atoms with van der Waals surface area (Å²) in [6, 6.07) is 7.87. The Hall–Kier alpha value is -1.90. The summed E-state index contributed by atoms with van der Waals surface area (Å²) >= 11 is 0. The van der Waals surface area contributed by atoms with Gasteiger partial charge in [-0.25, -0.2) is 4.98 Å². The summed E-state index contributed by atoms with van der Waals surface area (Å²) in [6.07, 6.45) is 2.94. The summed E-state index contributed by atoms with van der Waals surface area (Å²) < 4.78 is 5.31. The number of pyridine rings is 1. The first-order valence-electron chi connectivity index (χ1n) is 6.74. The van der Waals surface area contributed by atoms with Gasteiger partial charge in [0, 0.05) is 22.4 Å². The summed E-state index contributed by atoms with van der Waals surface area (Å²) in [4.78, 5) is 16.6. The van der Waals surface area contributed by atoms with Crippen LogP contribution in [-0.2, 0) is 6.42 Å². The Morgan fingerprint density at radius 3 is 2.79 bits per heavy atom. The third-order valence-corrected chi connectivity index (χ3v) is 3.66. The number of carbonyl (C=O) groups excluding carboxylic acids is 1. The second-order valence-corrected chi connectivity index (χ2v) is 5.06. The Morgan fingerprint density at radius 1 is 1.37 bits per heavy atom. The zero-order valence-electron chi connectivity index (χ0n) is 11.3. The van der Waals surface area contributed by atoms with E-state index < -0.39 is 0 Å². The van der Waals surface area contributed by atoms with Crippen LogP contribution in [0, 0.1) is 5.92 Å². The highest BCUT2D eigenvalue weighted by molar-refractivity contribution is 6.01. The zero-order valence-corrected chi connectivity index (χ0v) is 11.3.